The number of halogens is 1. The van der Waals surface area contributed by atoms with Gasteiger partial charge in [0, 0.05) is 24.0 Å². The highest BCUT2D eigenvalue weighted by Gasteiger charge is 2.16. The Balaban J connectivity index is 1.81. The van der Waals surface area contributed by atoms with Crippen LogP contribution in [0.4, 0.5) is 0 Å². The van der Waals surface area contributed by atoms with Crippen molar-refractivity contribution >= 4 is 21.8 Å². The lowest BCUT2D eigenvalue weighted by Gasteiger charge is -2.11. The third-order valence-corrected chi connectivity index (χ3v) is 3.30. The first kappa shape index (κ1) is 14.3. The average molecular weight is 328 g/mol. The van der Waals surface area contributed by atoms with Crippen molar-refractivity contribution in [1.29, 1.82) is 0 Å². The summed E-state index contributed by atoms with van der Waals surface area (Å²) >= 11 is 3.30. The number of ether oxygens (including phenoxy) is 2. The van der Waals surface area contributed by atoms with E-state index in [1.54, 1.807) is 12.1 Å². The van der Waals surface area contributed by atoms with Gasteiger partial charge in [-0.25, -0.2) is 0 Å². The van der Waals surface area contributed by atoms with E-state index < -0.39 is 0 Å². The Morgan fingerprint density at radius 3 is 2.84 bits per heavy atom. The molecular weight excluding hydrogens is 310 g/mol. The molecule has 104 valence electrons. The molecule has 0 bridgehead atoms. The molecule has 5 heteroatoms. The van der Waals surface area contributed by atoms with E-state index in [1.165, 1.54) is 0 Å². The first-order valence-corrected chi connectivity index (χ1v) is 7.60. The lowest BCUT2D eigenvalue weighted by Crippen LogP contribution is -2.31. The summed E-state index contributed by atoms with van der Waals surface area (Å²) in [5, 5.41) is 3.68. The van der Waals surface area contributed by atoms with E-state index in [9.17, 15) is 4.79 Å². The van der Waals surface area contributed by atoms with Crippen molar-refractivity contribution in [1.82, 2.24) is 5.32 Å². The second-order valence-electron chi connectivity index (χ2n) is 4.41. The van der Waals surface area contributed by atoms with Gasteiger partial charge in [-0.05, 0) is 37.1 Å². The molecule has 1 amide bonds. The van der Waals surface area contributed by atoms with Crippen molar-refractivity contribution in [2.24, 2.45) is 0 Å². The van der Waals surface area contributed by atoms with Crippen LogP contribution < -0.4 is 10.1 Å². The highest BCUT2D eigenvalue weighted by molar-refractivity contribution is 9.09. The van der Waals surface area contributed by atoms with Crippen LogP contribution in [0.25, 0.3) is 0 Å². The van der Waals surface area contributed by atoms with E-state index in [4.69, 9.17) is 9.47 Å². The van der Waals surface area contributed by atoms with Crippen LogP contribution in [-0.2, 0) is 4.74 Å². The molecule has 0 aromatic heterocycles. The molecule has 0 spiro atoms. The van der Waals surface area contributed by atoms with Crippen molar-refractivity contribution in [3.05, 3.63) is 29.8 Å². The molecule has 1 aromatic rings. The second-order valence-corrected chi connectivity index (χ2v) is 5.20. The average Bonchev–Trinajstić information content (AvgIpc) is 2.96. The number of nitrogens with one attached hydrogen (secondary N) is 1. The van der Waals surface area contributed by atoms with Crippen LogP contribution in [0.1, 0.15) is 23.2 Å². The third-order valence-electron chi connectivity index (χ3n) is 2.98. The number of amides is 1. The maximum absolute atomic E-state index is 11.9. The number of carbonyl (C=O) groups excluding carboxylic acids is 1. The Bertz CT molecular complexity index is 402. The topological polar surface area (TPSA) is 47.6 Å². The molecule has 0 radical (unpaired) electrons. The van der Waals surface area contributed by atoms with Gasteiger partial charge < -0.3 is 14.8 Å². The predicted octanol–water partition coefficient (Wildman–Crippen LogP) is 2.37. The number of hydrogen-bond donors (Lipinski definition) is 1. The maximum Gasteiger partial charge on any atom is 0.251 e. The zero-order valence-corrected chi connectivity index (χ0v) is 12.3. The minimum Gasteiger partial charge on any atom is -0.493 e. The van der Waals surface area contributed by atoms with Gasteiger partial charge >= 0.3 is 0 Å². The summed E-state index contributed by atoms with van der Waals surface area (Å²) in [6.45, 7) is 2.01. The van der Waals surface area contributed by atoms with Gasteiger partial charge in [0.1, 0.15) is 5.75 Å². The molecule has 19 heavy (non-hydrogen) atoms. The van der Waals surface area contributed by atoms with Gasteiger partial charge in [-0.15, -0.1) is 0 Å². The Morgan fingerprint density at radius 2 is 2.21 bits per heavy atom. The monoisotopic (exact) mass is 327 g/mol. The van der Waals surface area contributed by atoms with Gasteiger partial charge in [0.25, 0.3) is 5.91 Å². The summed E-state index contributed by atoms with van der Waals surface area (Å²) in [6.07, 6.45) is 2.28. The fraction of sp³-hybridized carbons (Fsp3) is 0.500. The highest BCUT2D eigenvalue weighted by atomic mass is 79.9. The Kier molecular flexibility index (Phi) is 5.66. The summed E-state index contributed by atoms with van der Waals surface area (Å²) in [4.78, 5) is 11.9. The van der Waals surface area contributed by atoms with E-state index in [2.05, 4.69) is 21.2 Å². The largest absolute Gasteiger partial charge is 0.493 e. The molecule has 1 fully saturated rings. The minimum atomic E-state index is -0.0671. The fourth-order valence-electron chi connectivity index (χ4n) is 1.97. The van der Waals surface area contributed by atoms with Crippen molar-refractivity contribution in [3.63, 3.8) is 0 Å². The lowest BCUT2D eigenvalue weighted by molar-refractivity contribution is 0.0858. The molecule has 1 aromatic carbocycles. The van der Waals surface area contributed by atoms with Crippen LogP contribution >= 0.6 is 15.9 Å². The summed E-state index contributed by atoms with van der Waals surface area (Å²) in [5.41, 5.74) is 0.643. The van der Waals surface area contributed by atoms with Crippen LogP contribution in [0.15, 0.2) is 24.3 Å². The molecular formula is C14H18BrNO3. The molecule has 1 saturated heterocycles. The Hall–Kier alpha value is -1.07. The summed E-state index contributed by atoms with van der Waals surface area (Å²) in [5.74, 6) is 0.706. The third kappa shape index (κ3) is 4.51. The van der Waals surface area contributed by atoms with Gasteiger partial charge in [0.15, 0.2) is 0 Å². The first-order chi connectivity index (χ1) is 9.29. The highest BCUT2D eigenvalue weighted by Crippen LogP contribution is 2.13. The SMILES string of the molecule is O=C(NCC1CCCO1)c1ccc(OCCBr)cc1. The zero-order valence-electron chi connectivity index (χ0n) is 10.7. The van der Waals surface area contributed by atoms with Gasteiger partial charge in [-0.1, -0.05) is 15.9 Å². The van der Waals surface area contributed by atoms with E-state index in [0.29, 0.717) is 18.7 Å². The van der Waals surface area contributed by atoms with Crippen molar-refractivity contribution in [3.8, 4) is 5.75 Å². The maximum atomic E-state index is 11.9. The number of benzene rings is 1. The number of alkyl halides is 1. The first-order valence-electron chi connectivity index (χ1n) is 6.48. The Labute approximate surface area is 121 Å². The summed E-state index contributed by atoms with van der Waals surface area (Å²) in [6, 6.07) is 7.16. The molecule has 1 aliphatic heterocycles. The smallest absolute Gasteiger partial charge is 0.251 e. The van der Waals surface area contributed by atoms with Crippen molar-refractivity contribution < 1.29 is 14.3 Å². The standard InChI is InChI=1S/C14H18BrNO3/c15-7-9-19-12-5-3-11(4-6-12)14(17)16-10-13-2-1-8-18-13/h3-6,13H,1-2,7-10H2,(H,16,17). The molecule has 1 N–H and O–H groups in total. The van der Waals surface area contributed by atoms with E-state index >= 15 is 0 Å². The van der Waals surface area contributed by atoms with Crippen LogP contribution in [0, 0.1) is 0 Å². The van der Waals surface area contributed by atoms with Gasteiger partial charge in [0.2, 0.25) is 0 Å². The molecule has 1 unspecified atom stereocenters. The van der Waals surface area contributed by atoms with Crippen molar-refractivity contribution in [2.45, 2.75) is 18.9 Å². The normalized spacial score (nSPS) is 18.3. The quantitative estimate of drug-likeness (QED) is 0.816. The number of carbonyl (C=O) groups is 1. The van der Waals surface area contributed by atoms with Crippen LogP contribution in [0.5, 0.6) is 5.75 Å². The van der Waals surface area contributed by atoms with Gasteiger partial charge in [-0.2, -0.15) is 0 Å². The second kappa shape index (κ2) is 7.50. The molecule has 4 nitrogen and oxygen atoms in total. The van der Waals surface area contributed by atoms with Crippen molar-refractivity contribution in [2.75, 3.05) is 25.1 Å². The molecule has 1 heterocycles. The summed E-state index contributed by atoms with van der Waals surface area (Å²) in [7, 11) is 0. The molecule has 0 saturated carbocycles. The van der Waals surface area contributed by atoms with E-state index in [1.807, 2.05) is 12.1 Å². The zero-order chi connectivity index (χ0) is 13.5. The fourth-order valence-corrected chi connectivity index (χ4v) is 2.13. The Morgan fingerprint density at radius 1 is 1.42 bits per heavy atom. The number of rotatable bonds is 6. The van der Waals surface area contributed by atoms with Gasteiger partial charge in [0.05, 0.1) is 12.7 Å². The molecule has 1 atom stereocenters. The van der Waals surface area contributed by atoms with Crippen LogP contribution in [-0.4, -0.2) is 37.1 Å². The van der Waals surface area contributed by atoms with Crippen LogP contribution in [0.2, 0.25) is 0 Å². The minimum absolute atomic E-state index is 0.0671. The predicted molar refractivity (Wildman–Crippen MR) is 77.0 cm³/mol. The molecule has 0 aliphatic carbocycles. The van der Waals surface area contributed by atoms with E-state index in [0.717, 1.165) is 30.5 Å². The molecule has 1 aliphatic rings. The van der Waals surface area contributed by atoms with E-state index in [-0.39, 0.29) is 12.0 Å². The summed E-state index contributed by atoms with van der Waals surface area (Å²) < 4.78 is 10.9. The van der Waals surface area contributed by atoms with Crippen LogP contribution in [0.3, 0.4) is 0 Å². The lowest BCUT2D eigenvalue weighted by atomic mass is 10.2. The molecule has 2 rings (SSSR count). The van der Waals surface area contributed by atoms with Gasteiger partial charge in [-0.3, -0.25) is 4.79 Å². The number of hydrogen-bond acceptors (Lipinski definition) is 3.